The van der Waals surface area contributed by atoms with Gasteiger partial charge in [0, 0.05) is 26.3 Å². The van der Waals surface area contributed by atoms with Crippen molar-refractivity contribution in [3.8, 4) is 0 Å². The molecule has 0 aliphatic carbocycles. The van der Waals surface area contributed by atoms with Crippen LogP contribution in [0.1, 0.15) is 19.3 Å². The van der Waals surface area contributed by atoms with Gasteiger partial charge in [-0.25, -0.2) is 4.98 Å². The van der Waals surface area contributed by atoms with E-state index >= 15 is 0 Å². The first kappa shape index (κ1) is 9.31. The van der Waals surface area contributed by atoms with E-state index in [-0.39, 0.29) is 0 Å². The highest BCUT2D eigenvalue weighted by molar-refractivity contribution is 5.65. The summed E-state index contributed by atoms with van der Waals surface area (Å²) in [4.78, 5) is 6.81. The largest absolute Gasteiger partial charge is 0.385 e. The van der Waals surface area contributed by atoms with Gasteiger partial charge in [-0.2, -0.15) is 0 Å². The van der Waals surface area contributed by atoms with E-state index in [0.29, 0.717) is 0 Å². The minimum absolute atomic E-state index is 1.11. The van der Waals surface area contributed by atoms with Crippen LogP contribution in [0.4, 0.5) is 11.5 Å². The molecule has 0 aromatic carbocycles. The molecule has 14 heavy (non-hydrogen) atoms. The Hall–Kier alpha value is -1.25. The van der Waals surface area contributed by atoms with Gasteiger partial charge < -0.3 is 10.2 Å². The summed E-state index contributed by atoms with van der Waals surface area (Å²) in [6.07, 6.45) is 5.81. The Labute approximate surface area is 85.1 Å². The van der Waals surface area contributed by atoms with Gasteiger partial charge in [0.25, 0.3) is 0 Å². The van der Waals surface area contributed by atoms with Gasteiger partial charge in [0.05, 0.1) is 5.69 Å². The van der Waals surface area contributed by atoms with Crippen LogP contribution < -0.4 is 10.2 Å². The third-order valence-electron chi connectivity index (χ3n) is 2.71. The number of hydrogen-bond donors (Lipinski definition) is 1. The van der Waals surface area contributed by atoms with Gasteiger partial charge in [-0.05, 0) is 31.4 Å². The van der Waals surface area contributed by atoms with Gasteiger partial charge in [0.2, 0.25) is 0 Å². The standard InChI is InChI=1S/C11H17N3/c1-12-10-6-5-7-13-11(10)14-8-3-2-4-9-14/h5-7,12H,2-4,8-9H2,1H3. The molecule has 1 saturated heterocycles. The molecule has 0 unspecified atom stereocenters. The first-order chi connectivity index (χ1) is 6.92. The Morgan fingerprint density at radius 2 is 2.07 bits per heavy atom. The quantitative estimate of drug-likeness (QED) is 0.776. The average Bonchev–Trinajstić information content (AvgIpc) is 2.30. The molecule has 0 bridgehead atoms. The number of nitrogens with one attached hydrogen (secondary N) is 1. The molecule has 0 atom stereocenters. The lowest BCUT2D eigenvalue weighted by Crippen LogP contribution is -2.30. The SMILES string of the molecule is CNc1cccnc1N1CCCCC1. The Balaban J connectivity index is 2.20. The lowest BCUT2D eigenvalue weighted by atomic mass is 10.1. The second kappa shape index (κ2) is 4.31. The summed E-state index contributed by atoms with van der Waals surface area (Å²) in [6, 6.07) is 4.05. The molecule has 1 aromatic heterocycles. The fraction of sp³-hybridized carbons (Fsp3) is 0.545. The number of pyridine rings is 1. The zero-order valence-corrected chi connectivity index (χ0v) is 8.66. The normalized spacial score (nSPS) is 16.8. The van der Waals surface area contributed by atoms with Crippen molar-refractivity contribution in [1.29, 1.82) is 0 Å². The molecule has 1 fully saturated rings. The minimum Gasteiger partial charge on any atom is -0.385 e. The van der Waals surface area contributed by atoms with Gasteiger partial charge in [-0.15, -0.1) is 0 Å². The van der Waals surface area contributed by atoms with E-state index in [1.165, 1.54) is 19.3 Å². The van der Waals surface area contributed by atoms with E-state index in [1.807, 2.05) is 19.3 Å². The molecule has 0 radical (unpaired) electrons. The summed E-state index contributed by atoms with van der Waals surface area (Å²) in [5.74, 6) is 1.11. The molecule has 1 aromatic rings. The molecule has 2 heterocycles. The van der Waals surface area contributed by atoms with E-state index in [0.717, 1.165) is 24.6 Å². The Bertz CT molecular complexity index is 292. The summed E-state index contributed by atoms with van der Waals surface area (Å²) in [7, 11) is 1.95. The maximum absolute atomic E-state index is 4.44. The lowest BCUT2D eigenvalue weighted by molar-refractivity contribution is 0.574. The molecule has 0 spiro atoms. The third-order valence-corrected chi connectivity index (χ3v) is 2.71. The maximum Gasteiger partial charge on any atom is 0.151 e. The zero-order valence-electron chi connectivity index (χ0n) is 8.66. The van der Waals surface area contributed by atoms with Crippen LogP contribution in [-0.4, -0.2) is 25.1 Å². The van der Waals surface area contributed by atoms with Gasteiger partial charge in [-0.1, -0.05) is 0 Å². The van der Waals surface area contributed by atoms with Crippen LogP contribution in [0.5, 0.6) is 0 Å². The number of anilines is 2. The van der Waals surface area contributed by atoms with Crippen molar-refractivity contribution in [2.24, 2.45) is 0 Å². The molecule has 3 heteroatoms. The second-order valence-electron chi connectivity index (χ2n) is 3.67. The predicted octanol–water partition coefficient (Wildman–Crippen LogP) is 2.11. The summed E-state index contributed by atoms with van der Waals surface area (Å²) in [5.41, 5.74) is 1.13. The molecule has 3 nitrogen and oxygen atoms in total. The highest BCUT2D eigenvalue weighted by Gasteiger charge is 2.14. The number of piperidine rings is 1. The summed E-state index contributed by atoms with van der Waals surface area (Å²) in [5, 5.41) is 3.19. The first-order valence-corrected chi connectivity index (χ1v) is 5.29. The number of hydrogen-bond acceptors (Lipinski definition) is 3. The molecule has 2 rings (SSSR count). The van der Waals surface area contributed by atoms with Crippen molar-refractivity contribution >= 4 is 11.5 Å². The Morgan fingerprint density at radius 1 is 1.29 bits per heavy atom. The van der Waals surface area contributed by atoms with Crippen molar-refractivity contribution in [2.75, 3.05) is 30.4 Å². The zero-order chi connectivity index (χ0) is 9.80. The lowest BCUT2D eigenvalue weighted by Gasteiger charge is -2.29. The van der Waals surface area contributed by atoms with Crippen LogP contribution in [-0.2, 0) is 0 Å². The van der Waals surface area contributed by atoms with Crippen LogP contribution in [0.2, 0.25) is 0 Å². The maximum atomic E-state index is 4.44. The number of aromatic nitrogens is 1. The topological polar surface area (TPSA) is 28.2 Å². The molecule has 0 saturated carbocycles. The van der Waals surface area contributed by atoms with Crippen molar-refractivity contribution < 1.29 is 0 Å². The summed E-state index contributed by atoms with van der Waals surface area (Å²) in [6.45, 7) is 2.29. The van der Waals surface area contributed by atoms with Crippen LogP contribution in [0, 0.1) is 0 Å². The second-order valence-corrected chi connectivity index (χ2v) is 3.67. The summed E-state index contributed by atoms with van der Waals surface area (Å²) < 4.78 is 0. The van der Waals surface area contributed by atoms with Crippen molar-refractivity contribution in [3.05, 3.63) is 18.3 Å². The van der Waals surface area contributed by atoms with Gasteiger partial charge in [-0.3, -0.25) is 0 Å². The monoisotopic (exact) mass is 191 g/mol. The van der Waals surface area contributed by atoms with E-state index in [2.05, 4.69) is 21.3 Å². The predicted molar refractivity (Wildman–Crippen MR) is 59.8 cm³/mol. The highest BCUT2D eigenvalue weighted by Crippen LogP contribution is 2.24. The van der Waals surface area contributed by atoms with Gasteiger partial charge in [0.15, 0.2) is 5.82 Å². The van der Waals surface area contributed by atoms with E-state index in [4.69, 9.17) is 0 Å². The van der Waals surface area contributed by atoms with Crippen molar-refractivity contribution in [2.45, 2.75) is 19.3 Å². The van der Waals surface area contributed by atoms with Crippen LogP contribution in [0.25, 0.3) is 0 Å². The number of nitrogens with zero attached hydrogens (tertiary/aromatic N) is 2. The third kappa shape index (κ3) is 1.81. The Morgan fingerprint density at radius 3 is 2.79 bits per heavy atom. The van der Waals surface area contributed by atoms with Crippen LogP contribution in [0.3, 0.4) is 0 Å². The fourth-order valence-corrected chi connectivity index (χ4v) is 1.95. The van der Waals surface area contributed by atoms with Crippen molar-refractivity contribution in [3.63, 3.8) is 0 Å². The molecule has 0 amide bonds. The smallest absolute Gasteiger partial charge is 0.151 e. The molecule has 1 aliphatic rings. The van der Waals surface area contributed by atoms with Gasteiger partial charge in [0.1, 0.15) is 0 Å². The first-order valence-electron chi connectivity index (χ1n) is 5.29. The Kier molecular flexibility index (Phi) is 2.87. The van der Waals surface area contributed by atoms with E-state index in [1.54, 1.807) is 0 Å². The molecule has 1 N–H and O–H groups in total. The van der Waals surface area contributed by atoms with E-state index < -0.39 is 0 Å². The molecular weight excluding hydrogens is 174 g/mol. The minimum atomic E-state index is 1.11. The van der Waals surface area contributed by atoms with Crippen LogP contribution in [0.15, 0.2) is 18.3 Å². The molecule has 1 aliphatic heterocycles. The highest BCUT2D eigenvalue weighted by atomic mass is 15.2. The average molecular weight is 191 g/mol. The van der Waals surface area contributed by atoms with Crippen LogP contribution >= 0.6 is 0 Å². The number of rotatable bonds is 2. The molecule has 76 valence electrons. The van der Waals surface area contributed by atoms with Gasteiger partial charge >= 0.3 is 0 Å². The summed E-state index contributed by atoms with van der Waals surface area (Å²) >= 11 is 0. The van der Waals surface area contributed by atoms with Crippen molar-refractivity contribution in [1.82, 2.24) is 4.98 Å². The fourth-order valence-electron chi connectivity index (χ4n) is 1.95. The van der Waals surface area contributed by atoms with E-state index in [9.17, 15) is 0 Å². The molecular formula is C11H17N3.